The summed E-state index contributed by atoms with van der Waals surface area (Å²) in [5, 5.41) is 7.93. The smallest absolute Gasteiger partial charge is 0.417 e. The molecule has 0 bridgehead atoms. The fraction of sp³-hybridized carbons (Fsp3) is 0.450. The molecule has 0 radical (unpaired) electrons. The Hall–Kier alpha value is -6.70. The van der Waals surface area contributed by atoms with Crippen LogP contribution in [0.1, 0.15) is 57.6 Å². The van der Waals surface area contributed by atoms with Crippen molar-refractivity contribution in [2.75, 3.05) is 51.4 Å². The van der Waals surface area contributed by atoms with Gasteiger partial charge in [-0.15, -0.1) is 0 Å². The fourth-order valence-electron chi connectivity index (χ4n) is 5.50. The van der Waals surface area contributed by atoms with Gasteiger partial charge in [-0.2, -0.15) is 15.0 Å². The molecule has 0 saturated carbocycles. The first kappa shape index (κ1) is 46.0. The lowest BCUT2D eigenvalue weighted by Gasteiger charge is -2.22. The lowest BCUT2D eigenvalue weighted by molar-refractivity contribution is -0.128. The normalized spacial score (nSPS) is 12.0. The number of carbonyl (C=O) groups excluding carboxylic acids is 5. The van der Waals surface area contributed by atoms with E-state index >= 15 is 0 Å². The Labute approximate surface area is 348 Å². The van der Waals surface area contributed by atoms with Crippen LogP contribution >= 0.6 is 0 Å². The number of imidazole rings is 1. The number of nitrogens with two attached hydrogens (primary N) is 3. The average molecular weight is 833 g/mol. The summed E-state index contributed by atoms with van der Waals surface area (Å²) in [6.07, 6.45) is 0.977. The van der Waals surface area contributed by atoms with Crippen molar-refractivity contribution in [2.24, 2.45) is 17.4 Å². The second kappa shape index (κ2) is 22.4. The van der Waals surface area contributed by atoms with Gasteiger partial charge in [0.2, 0.25) is 11.8 Å². The summed E-state index contributed by atoms with van der Waals surface area (Å²) >= 11 is 0. The zero-order chi connectivity index (χ0) is 43.8. The van der Waals surface area contributed by atoms with Crippen molar-refractivity contribution in [3.8, 4) is 12.0 Å². The van der Waals surface area contributed by atoms with E-state index in [1.807, 2.05) is 37.3 Å². The number of primary amides is 1. The lowest BCUT2D eigenvalue weighted by atomic mass is 10.0. The molecule has 4 aromatic rings. The number of amides is 6. The summed E-state index contributed by atoms with van der Waals surface area (Å²) in [5.41, 5.74) is 19.9. The number of likely N-dealkylation sites (N-methyl/N-ethyl adjacent to an activating group) is 2. The van der Waals surface area contributed by atoms with Crippen LogP contribution in [-0.2, 0) is 27.5 Å². The third-order valence-electron chi connectivity index (χ3n) is 9.26. The van der Waals surface area contributed by atoms with Gasteiger partial charge in [-0.1, -0.05) is 69.7 Å². The van der Waals surface area contributed by atoms with Crippen molar-refractivity contribution in [3.05, 3.63) is 65.7 Å². The van der Waals surface area contributed by atoms with Crippen LogP contribution in [0.2, 0.25) is 0 Å². The number of carbonyl (C=O) groups is 5. The van der Waals surface area contributed by atoms with Gasteiger partial charge in [-0.3, -0.25) is 14.2 Å². The molecule has 6 amide bonds. The van der Waals surface area contributed by atoms with Crippen molar-refractivity contribution < 1.29 is 38.2 Å². The molecule has 20 nitrogen and oxygen atoms in total. The molecule has 4 rings (SSSR count). The standard InChI is InChI=1S/C40H56N12O8/c1-6-7-22-58-37-48-32(42)31-33(49-37)52(23-26-12-9-8-10-13-26)38(47-31)60-40(57)51(5)21-20-50(4)39(56)59-24-27-15-17-28(18-16-27)45-34(53)29(14-11-19-44-36(43)55)46-35(54)30(41)25(2)3/h8-10,12-13,15-18,25,29-30H,6-7,11,14,19-24,41H2,1-5H3,(H,45,53)(H,46,54)(H2,42,48,49)(H3,43,44,55)/t29-,30-/m0/s1. The number of aromatic nitrogens is 4. The number of fused-ring (bicyclic) bond motifs is 1. The quantitative estimate of drug-likeness (QED) is 0.0659. The molecule has 2 heterocycles. The maximum Gasteiger partial charge on any atom is 0.417 e. The predicted molar refractivity (Wildman–Crippen MR) is 224 cm³/mol. The Morgan fingerprint density at radius 2 is 1.55 bits per heavy atom. The minimum absolute atomic E-state index is 0.0386. The highest BCUT2D eigenvalue weighted by Crippen LogP contribution is 2.27. The summed E-state index contributed by atoms with van der Waals surface area (Å²) < 4.78 is 18.5. The second-order valence-corrected chi connectivity index (χ2v) is 14.4. The zero-order valence-corrected chi connectivity index (χ0v) is 34.7. The molecule has 0 saturated heterocycles. The monoisotopic (exact) mass is 832 g/mol. The first-order valence-corrected chi connectivity index (χ1v) is 19.7. The number of nitrogens with one attached hydrogen (secondary N) is 3. The van der Waals surface area contributed by atoms with Gasteiger partial charge in [0.1, 0.15) is 12.6 Å². The van der Waals surface area contributed by atoms with E-state index in [0.717, 1.165) is 18.4 Å². The molecule has 0 fully saturated rings. The summed E-state index contributed by atoms with van der Waals surface area (Å²) in [4.78, 5) is 78.8. The Bertz CT molecular complexity index is 2060. The Morgan fingerprint density at radius 3 is 2.20 bits per heavy atom. The third kappa shape index (κ3) is 13.7. The summed E-state index contributed by atoms with van der Waals surface area (Å²) in [5.74, 6) is -1.01. The number of nitrogens with zero attached hydrogens (tertiary/aromatic N) is 6. The van der Waals surface area contributed by atoms with Crippen LogP contribution in [0.3, 0.4) is 0 Å². The third-order valence-corrected chi connectivity index (χ3v) is 9.26. The number of benzene rings is 2. The first-order chi connectivity index (χ1) is 28.7. The van der Waals surface area contributed by atoms with Crippen LogP contribution in [0.5, 0.6) is 12.0 Å². The van der Waals surface area contributed by atoms with Crippen molar-refractivity contribution >= 4 is 52.7 Å². The van der Waals surface area contributed by atoms with E-state index in [2.05, 4.69) is 30.9 Å². The molecule has 2 aromatic carbocycles. The largest absolute Gasteiger partial charge is 0.463 e. The maximum absolute atomic E-state index is 13.3. The molecule has 0 aliphatic rings. The van der Waals surface area contributed by atoms with Crippen LogP contribution in [0, 0.1) is 5.92 Å². The molecular formula is C40H56N12O8. The molecule has 9 N–H and O–H groups in total. The van der Waals surface area contributed by atoms with Crippen molar-refractivity contribution in [2.45, 2.75) is 71.7 Å². The molecule has 20 heteroatoms. The van der Waals surface area contributed by atoms with E-state index < -0.39 is 42.1 Å². The Balaban J connectivity index is 1.30. The van der Waals surface area contributed by atoms with E-state index in [0.29, 0.717) is 29.9 Å². The van der Waals surface area contributed by atoms with Crippen molar-refractivity contribution in [3.63, 3.8) is 0 Å². The average Bonchev–Trinajstić information content (AvgIpc) is 3.56. The van der Waals surface area contributed by atoms with Crippen LogP contribution in [0.4, 0.5) is 25.9 Å². The maximum atomic E-state index is 13.3. The summed E-state index contributed by atoms with van der Waals surface area (Å²) in [6.45, 7) is 6.70. The highest BCUT2D eigenvalue weighted by molar-refractivity contribution is 5.97. The number of urea groups is 1. The van der Waals surface area contributed by atoms with Gasteiger partial charge in [-0.25, -0.2) is 14.4 Å². The van der Waals surface area contributed by atoms with Gasteiger partial charge in [0.05, 0.1) is 19.2 Å². The molecule has 2 aromatic heterocycles. The van der Waals surface area contributed by atoms with Crippen LogP contribution < -0.4 is 42.6 Å². The number of anilines is 2. The van der Waals surface area contributed by atoms with Gasteiger partial charge in [0.15, 0.2) is 17.0 Å². The summed E-state index contributed by atoms with van der Waals surface area (Å²) in [7, 11) is 3.06. The molecule has 0 spiro atoms. The van der Waals surface area contributed by atoms with Gasteiger partial charge in [-0.05, 0) is 48.4 Å². The number of rotatable bonds is 21. The fourth-order valence-corrected chi connectivity index (χ4v) is 5.50. The number of unbranched alkanes of at least 4 members (excludes halogenated alkanes) is 1. The molecule has 324 valence electrons. The SMILES string of the molecule is CCCCOc1nc(N)c2nc(OC(=O)N(C)CCN(C)C(=O)OCc3ccc(NC(=O)[C@H](CCCNC(N)=O)NC(=O)[C@@H](N)C(C)C)cc3)n(Cc3ccccc3)c2n1. The molecule has 0 unspecified atom stereocenters. The van der Waals surface area contributed by atoms with Crippen molar-refractivity contribution in [1.82, 2.24) is 40.0 Å². The van der Waals surface area contributed by atoms with Crippen LogP contribution in [0.15, 0.2) is 54.6 Å². The van der Waals surface area contributed by atoms with Gasteiger partial charge in [0.25, 0.3) is 0 Å². The zero-order valence-electron chi connectivity index (χ0n) is 34.7. The molecule has 60 heavy (non-hydrogen) atoms. The lowest BCUT2D eigenvalue weighted by Crippen LogP contribution is -2.51. The van der Waals surface area contributed by atoms with E-state index in [9.17, 15) is 24.0 Å². The topological polar surface area (TPSA) is 277 Å². The first-order valence-electron chi connectivity index (χ1n) is 19.7. The highest BCUT2D eigenvalue weighted by atomic mass is 16.6. The number of hydrogen-bond donors (Lipinski definition) is 6. The number of ether oxygens (including phenoxy) is 3. The molecule has 2 atom stereocenters. The van der Waals surface area contributed by atoms with E-state index in [4.69, 9.17) is 31.4 Å². The Morgan fingerprint density at radius 1 is 0.867 bits per heavy atom. The second-order valence-electron chi connectivity index (χ2n) is 14.4. The molecule has 0 aliphatic carbocycles. The van der Waals surface area contributed by atoms with E-state index in [1.54, 1.807) is 42.7 Å². The minimum atomic E-state index is -0.921. The number of hydrogen-bond acceptors (Lipinski definition) is 13. The molecular weight excluding hydrogens is 777 g/mol. The van der Waals surface area contributed by atoms with Gasteiger partial charge >= 0.3 is 30.2 Å². The molecule has 0 aliphatic heterocycles. The van der Waals surface area contributed by atoms with Crippen molar-refractivity contribution in [1.29, 1.82) is 0 Å². The Kier molecular flexibility index (Phi) is 17.2. The van der Waals surface area contributed by atoms with Gasteiger partial charge < -0.3 is 57.2 Å². The van der Waals surface area contributed by atoms with Crippen LogP contribution in [-0.4, -0.2) is 112 Å². The predicted octanol–water partition coefficient (Wildman–Crippen LogP) is 3.19. The van der Waals surface area contributed by atoms with Crippen LogP contribution in [0.25, 0.3) is 11.2 Å². The van der Waals surface area contributed by atoms with Gasteiger partial charge in [0, 0.05) is 39.4 Å². The highest BCUT2D eigenvalue weighted by Gasteiger charge is 2.26. The minimum Gasteiger partial charge on any atom is -0.463 e. The summed E-state index contributed by atoms with van der Waals surface area (Å²) in [6, 6.07) is 13.8. The van der Waals surface area contributed by atoms with E-state index in [1.165, 1.54) is 23.9 Å². The number of nitrogen functional groups attached to an aromatic ring is 1. The van der Waals surface area contributed by atoms with E-state index in [-0.39, 0.29) is 68.5 Å².